The van der Waals surface area contributed by atoms with Crippen molar-refractivity contribution in [2.45, 2.75) is 52.1 Å². The Bertz CT molecular complexity index is 277. The van der Waals surface area contributed by atoms with Crippen LogP contribution in [0.4, 0.5) is 0 Å². The van der Waals surface area contributed by atoms with Gasteiger partial charge in [0.2, 0.25) is 5.91 Å². The molecule has 0 bridgehead atoms. The van der Waals surface area contributed by atoms with Gasteiger partial charge in [0, 0.05) is 45.3 Å². The van der Waals surface area contributed by atoms with Crippen LogP contribution >= 0.6 is 0 Å². The van der Waals surface area contributed by atoms with Gasteiger partial charge in [-0.05, 0) is 19.8 Å². The maximum atomic E-state index is 12.0. The van der Waals surface area contributed by atoms with E-state index in [1.165, 1.54) is 12.8 Å². The number of piperazine rings is 1. The summed E-state index contributed by atoms with van der Waals surface area (Å²) >= 11 is 0. The third kappa shape index (κ3) is 5.04. The molecule has 2 unspecified atom stereocenters. The van der Waals surface area contributed by atoms with Gasteiger partial charge in [-0.1, -0.05) is 20.3 Å². The van der Waals surface area contributed by atoms with Gasteiger partial charge in [0.05, 0.1) is 6.04 Å². The van der Waals surface area contributed by atoms with Gasteiger partial charge in [-0.15, -0.1) is 0 Å². The largest absolute Gasteiger partial charge is 0.355 e. The van der Waals surface area contributed by atoms with Crippen LogP contribution in [-0.2, 0) is 4.79 Å². The van der Waals surface area contributed by atoms with Crippen molar-refractivity contribution in [3.05, 3.63) is 0 Å². The lowest BCUT2D eigenvalue weighted by molar-refractivity contribution is -0.126. The molecule has 3 N–H and O–H groups in total. The Labute approximate surface area is 123 Å². The van der Waals surface area contributed by atoms with Crippen molar-refractivity contribution in [3.63, 3.8) is 0 Å². The summed E-state index contributed by atoms with van der Waals surface area (Å²) in [6.45, 7) is 11.8. The summed E-state index contributed by atoms with van der Waals surface area (Å²) in [6, 6.07) is 0.484. The van der Waals surface area contributed by atoms with Gasteiger partial charge in [0.15, 0.2) is 0 Å². The van der Waals surface area contributed by atoms with E-state index in [1.807, 2.05) is 6.92 Å². The highest BCUT2D eigenvalue weighted by molar-refractivity contribution is 5.81. The molecule has 1 saturated heterocycles. The van der Waals surface area contributed by atoms with E-state index in [-0.39, 0.29) is 11.9 Å². The van der Waals surface area contributed by atoms with Crippen LogP contribution < -0.4 is 11.1 Å². The highest BCUT2D eigenvalue weighted by atomic mass is 16.2. The molecule has 5 heteroatoms. The molecular formula is C15H32N4O. The average Bonchev–Trinajstić information content (AvgIpc) is 2.49. The normalized spacial score (nSPS) is 20.6. The van der Waals surface area contributed by atoms with Gasteiger partial charge >= 0.3 is 0 Å². The van der Waals surface area contributed by atoms with Crippen molar-refractivity contribution in [1.82, 2.24) is 15.1 Å². The summed E-state index contributed by atoms with van der Waals surface area (Å²) < 4.78 is 0. The number of amides is 1. The number of hydrogen-bond donors (Lipinski definition) is 2. The topological polar surface area (TPSA) is 61.6 Å². The minimum Gasteiger partial charge on any atom is -0.355 e. The van der Waals surface area contributed by atoms with E-state index in [0.717, 1.165) is 45.7 Å². The standard InChI is InChI=1S/C15H32N4O/c1-4-6-14(12-16)19-10-8-18(9-11-19)13(3)15(20)17-7-5-2/h13-14H,4-12,16H2,1-3H3,(H,17,20). The summed E-state index contributed by atoms with van der Waals surface area (Å²) in [5.74, 6) is 0.157. The first-order chi connectivity index (χ1) is 9.63. The van der Waals surface area contributed by atoms with Crippen molar-refractivity contribution in [2.24, 2.45) is 5.73 Å². The molecule has 1 amide bonds. The molecule has 20 heavy (non-hydrogen) atoms. The van der Waals surface area contributed by atoms with Crippen LogP contribution in [0.15, 0.2) is 0 Å². The van der Waals surface area contributed by atoms with Gasteiger partial charge in [0.25, 0.3) is 0 Å². The SMILES string of the molecule is CCCNC(=O)C(C)N1CCN(C(CN)CCC)CC1. The molecule has 0 aromatic carbocycles. The first-order valence-corrected chi connectivity index (χ1v) is 8.09. The minimum atomic E-state index is -0.0220. The number of nitrogens with zero attached hydrogens (tertiary/aromatic N) is 2. The summed E-state index contributed by atoms with van der Waals surface area (Å²) in [7, 11) is 0. The van der Waals surface area contributed by atoms with E-state index < -0.39 is 0 Å². The Hall–Kier alpha value is -0.650. The van der Waals surface area contributed by atoms with Crippen LogP contribution in [0.3, 0.4) is 0 Å². The zero-order valence-electron chi connectivity index (χ0n) is 13.4. The molecule has 118 valence electrons. The van der Waals surface area contributed by atoms with Crippen LogP contribution in [-0.4, -0.2) is 67.1 Å². The van der Waals surface area contributed by atoms with E-state index in [2.05, 4.69) is 29.0 Å². The number of hydrogen-bond acceptors (Lipinski definition) is 4. The highest BCUT2D eigenvalue weighted by Crippen LogP contribution is 2.12. The molecule has 1 aliphatic heterocycles. The van der Waals surface area contributed by atoms with Gasteiger partial charge < -0.3 is 11.1 Å². The lowest BCUT2D eigenvalue weighted by Gasteiger charge is -2.40. The highest BCUT2D eigenvalue weighted by Gasteiger charge is 2.27. The molecule has 0 spiro atoms. The van der Waals surface area contributed by atoms with Crippen LogP contribution in [0.1, 0.15) is 40.0 Å². The minimum absolute atomic E-state index is 0.0220. The van der Waals surface area contributed by atoms with Gasteiger partial charge in [0.1, 0.15) is 0 Å². The monoisotopic (exact) mass is 284 g/mol. The molecule has 0 saturated carbocycles. The fourth-order valence-electron chi connectivity index (χ4n) is 2.83. The fourth-order valence-corrected chi connectivity index (χ4v) is 2.83. The van der Waals surface area contributed by atoms with Crippen LogP contribution in [0, 0.1) is 0 Å². The molecule has 1 heterocycles. The van der Waals surface area contributed by atoms with Crippen LogP contribution in [0.2, 0.25) is 0 Å². The molecule has 0 aromatic heterocycles. The predicted molar refractivity (Wildman–Crippen MR) is 83.7 cm³/mol. The third-order valence-electron chi connectivity index (χ3n) is 4.24. The third-order valence-corrected chi connectivity index (χ3v) is 4.24. The molecule has 1 rings (SSSR count). The number of rotatable bonds is 8. The van der Waals surface area contributed by atoms with Gasteiger partial charge in [-0.2, -0.15) is 0 Å². The maximum Gasteiger partial charge on any atom is 0.237 e. The van der Waals surface area contributed by atoms with E-state index in [9.17, 15) is 4.79 Å². The predicted octanol–water partition coefficient (Wildman–Crippen LogP) is 0.646. The lowest BCUT2D eigenvalue weighted by Crippen LogP contribution is -2.56. The second-order valence-electron chi connectivity index (χ2n) is 5.72. The van der Waals surface area contributed by atoms with Crippen molar-refractivity contribution < 1.29 is 4.79 Å². The van der Waals surface area contributed by atoms with Crippen LogP contribution in [0.25, 0.3) is 0 Å². The Kier molecular flexibility index (Phi) is 8.11. The molecule has 2 atom stereocenters. The summed E-state index contributed by atoms with van der Waals surface area (Å²) in [4.78, 5) is 16.8. The molecular weight excluding hydrogens is 252 g/mol. The van der Waals surface area contributed by atoms with Gasteiger partial charge in [-0.25, -0.2) is 0 Å². The molecule has 5 nitrogen and oxygen atoms in total. The zero-order valence-corrected chi connectivity index (χ0v) is 13.4. The van der Waals surface area contributed by atoms with E-state index in [1.54, 1.807) is 0 Å². The molecule has 1 aliphatic rings. The average molecular weight is 284 g/mol. The molecule has 0 radical (unpaired) electrons. The summed E-state index contributed by atoms with van der Waals surface area (Å²) in [5.41, 5.74) is 5.87. The smallest absolute Gasteiger partial charge is 0.237 e. The maximum absolute atomic E-state index is 12.0. The van der Waals surface area contributed by atoms with Crippen molar-refractivity contribution in [3.8, 4) is 0 Å². The molecule has 0 aliphatic carbocycles. The molecule has 0 aromatic rings. The summed E-state index contributed by atoms with van der Waals surface area (Å²) in [6.07, 6.45) is 3.34. The van der Waals surface area contributed by atoms with Crippen molar-refractivity contribution >= 4 is 5.91 Å². The number of carbonyl (C=O) groups excluding carboxylic acids is 1. The second-order valence-corrected chi connectivity index (χ2v) is 5.72. The van der Waals surface area contributed by atoms with E-state index >= 15 is 0 Å². The summed E-state index contributed by atoms with van der Waals surface area (Å²) in [5, 5.41) is 2.98. The van der Waals surface area contributed by atoms with E-state index in [4.69, 9.17) is 5.73 Å². The zero-order chi connectivity index (χ0) is 15.0. The van der Waals surface area contributed by atoms with Crippen LogP contribution in [0.5, 0.6) is 0 Å². The number of nitrogens with one attached hydrogen (secondary N) is 1. The Morgan fingerprint density at radius 3 is 2.25 bits per heavy atom. The van der Waals surface area contributed by atoms with Crippen molar-refractivity contribution in [1.29, 1.82) is 0 Å². The fraction of sp³-hybridized carbons (Fsp3) is 0.933. The molecule has 1 fully saturated rings. The Morgan fingerprint density at radius 1 is 1.15 bits per heavy atom. The Balaban J connectivity index is 2.39. The lowest BCUT2D eigenvalue weighted by atomic mass is 10.1. The number of nitrogens with two attached hydrogens (primary N) is 1. The quantitative estimate of drug-likeness (QED) is 0.687. The second kappa shape index (κ2) is 9.32. The van der Waals surface area contributed by atoms with E-state index in [0.29, 0.717) is 6.04 Å². The van der Waals surface area contributed by atoms with Gasteiger partial charge in [-0.3, -0.25) is 14.6 Å². The first-order valence-electron chi connectivity index (χ1n) is 8.09. The van der Waals surface area contributed by atoms with Crippen molar-refractivity contribution in [2.75, 3.05) is 39.3 Å². The Morgan fingerprint density at radius 2 is 1.75 bits per heavy atom. The first kappa shape index (κ1) is 17.4. The number of carbonyl (C=O) groups is 1.